The summed E-state index contributed by atoms with van der Waals surface area (Å²) in [6.45, 7) is 6.22. The first kappa shape index (κ1) is 12.8. The first-order valence-corrected chi connectivity index (χ1v) is 6.32. The molecule has 0 radical (unpaired) electrons. The van der Waals surface area contributed by atoms with Crippen molar-refractivity contribution in [3.8, 4) is 5.69 Å². The van der Waals surface area contributed by atoms with Crippen molar-refractivity contribution in [2.45, 2.75) is 39.7 Å². The molecule has 0 aliphatic carbocycles. The fourth-order valence-corrected chi connectivity index (χ4v) is 2.11. The molecule has 0 saturated heterocycles. The van der Waals surface area contributed by atoms with Crippen LogP contribution in [0.15, 0.2) is 24.3 Å². The maximum absolute atomic E-state index is 9.31. The molecule has 1 aromatic heterocycles. The molecule has 0 amide bonds. The second-order valence-corrected chi connectivity index (χ2v) is 4.67. The number of rotatable bonds is 4. The van der Waals surface area contributed by atoms with Crippen LogP contribution in [0.4, 0.5) is 0 Å². The predicted molar refractivity (Wildman–Crippen MR) is 70.7 cm³/mol. The largest absolute Gasteiger partial charge is 0.390 e. The van der Waals surface area contributed by atoms with E-state index in [0.29, 0.717) is 5.69 Å². The fourth-order valence-electron chi connectivity index (χ4n) is 2.11. The minimum atomic E-state index is -0.0685. The second kappa shape index (κ2) is 5.31. The van der Waals surface area contributed by atoms with Gasteiger partial charge in [-0.15, -0.1) is 5.10 Å². The summed E-state index contributed by atoms with van der Waals surface area (Å²) >= 11 is 0. The first-order valence-electron chi connectivity index (χ1n) is 6.32. The number of hydrogen-bond donors (Lipinski definition) is 1. The third-order valence-corrected chi connectivity index (χ3v) is 3.04. The molecular formula is C14H19N3O. The lowest BCUT2D eigenvalue weighted by atomic mass is 10.1. The second-order valence-electron chi connectivity index (χ2n) is 4.67. The van der Waals surface area contributed by atoms with Crippen molar-refractivity contribution in [3.05, 3.63) is 41.2 Å². The number of aromatic nitrogens is 3. The van der Waals surface area contributed by atoms with Crippen LogP contribution in [-0.2, 0) is 13.0 Å². The summed E-state index contributed by atoms with van der Waals surface area (Å²) in [5.41, 5.74) is 3.91. The third-order valence-electron chi connectivity index (χ3n) is 3.04. The van der Waals surface area contributed by atoms with Gasteiger partial charge >= 0.3 is 0 Å². The fraction of sp³-hybridized carbons (Fsp3) is 0.429. The van der Waals surface area contributed by atoms with Crippen molar-refractivity contribution in [3.63, 3.8) is 0 Å². The van der Waals surface area contributed by atoms with Crippen LogP contribution in [0.2, 0.25) is 0 Å². The van der Waals surface area contributed by atoms with E-state index in [2.05, 4.69) is 43.2 Å². The molecule has 1 heterocycles. The zero-order valence-corrected chi connectivity index (χ0v) is 11.1. The van der Waals surface area contributed by atoms with Crippen LogP contribution in [0.1, 0.15) is 43.6 Å². The Balaban J connectivity index is 2.52. The molecule has 0 fully saturated rings. The van der Waals surface area contributed by atoms with E-state index in [0.717, 1.165) is 17.8 Å². The number of nitrogens with zero attached hydrogens (tertiary/aromatic N) is 3. The van der Waals surface area contributed by atoms with Gasteiger partial charge in [-0.3, -0.25) is 0 Å². The van der Waals surface area contributed by atoms with Gasteiger partial charge in [0.05, 0.1) is 18.0 Å². The van der Waals surface area contributed by atoms with E-state index in [1.165, 1.54) is 5.56 Å². The van der Waals surface area contributed by atoms with Gasteiger partial charge in [0.2, 0.25) is 0 Å². The van der Waals surface area contributed by atoms with Crippen LogP contribution in [0, 0.1) is 0 Å². The summed E-state index contributed by atoms with van der Waals surface area (Å²) < 4.78 is 1.83. The molecule has 18 heavy (non-hydrogen) atoms. The highest BCUT2D eigenvalue weighted by Crippen LogP contribution is 2.22. The maximum atomic E-state index is 9.31. The summed E-state index contributed by atoms with van der Waals surface area (Å²) in [6, 6.07) is 8.25. The highest BCUT2D eigenvalue weighted by Gasteiger charge is 2.16. The van der Waals surface area contributed by atoms with Gasteiger partial charge in [-0.25, -0.2) is 4.68 Å². The summed E-state index contributed by atoms with van der Waals surface area (Å²) in [4.78, 5) is 0. The summed E-state index contributed by atoms with van der Waals surface area (Å²) in [6.07, 6.45) is 0.992. The number of aliphatic hydroxyl groups excluding tert-OH is 1. The molecule has 4 nitrogen and oxygen atoms in total. The normalized spacial score (nSPS) is 11.2. The van der Waals surface area contributed by atoms with Crippen molar-refractivity contribution in [1.82, 2.24) is 15.0 Å². The SMILES string of the molecule is CCc1cccc(-n2nnc(CO)c2C(C)C)c1. The molecule has 2 aromatic rings. The summed E-state index contributed by atoms with van der Waals surface area (Å²) in [5, 5.41) is 17.5. The van der Waals surface area contributed by atoms with Crippen molar-refractivity contribution >= 4 is 0 Å². The molecule has 0 aliphatic rings. The highest BCUT2D eigenvalue weighted by molar-refractivity contribution is 5.37. The molecule has 0 unspecified atom stereocenters. The van der Waals surface area contributed by atoms with Crippen LogP contribution in [0.25, 0.3) is 5.69 Å². The molecule has 1 N–H and O–H groups in total. The van der Waals surface area contributed by atoms with Gasteiger partial charge in [0.1, 0.15) is 5.69 Å². The Hall–Kier alpha value is -1.68. The third kappa shape index (κ3) is 2.29. The Kier molecular flexibility index (Phi) is 3.77. The average molecular weight is 245 g/mol. The van der Waals surface area contributed by atoms with Crippen molar-refractivity contribution in [2.24, 2.45) is 0 Å². The quantitative estimate of drug-likeness (QED) is 0.900. The molecule has 1 aromatic carbocycles. The number of benzene rings is 1. The van der Waals surface area contributed by atoms with E-state index >= 15 is 0 Å². The monoisotopic (exact) mass is 245 g/mol. The van der Waals surface area contributed by atoms with Crippen LogP contribution in [-0.4, -0.2) is 20.1 Å². The smallest absolute Gasteiger partial charge is 0.112 e. The standard InChI is InChI=1S/C14H19N3O/c1-4-11-6-5-7-12(8-11)17-14(10(2)3)13(9-18)15-16-17/h5-8,10,18H,4,9H2,1-3H3. The topological polar surface area (TPSA) is 50.9 Å². The molecule has 0 atom stereocenters. The van der Waals surface area contributed by atoms with E-state index in [-0.39, 0.29) is 12.5 Å². The Morgan fingerprint density at radius 2 is 2.11 bits per heavy atom. The Labute approximate surface area is 107 Å². The highest BCUT2D eigenvalue weighted by atomic mass is 16.3. The van der Waals surface area contributed by atoms with E-state index in [9.17, 15) is 5.11 Å². The minimum absolute atomic E-state index is 0.0685. The van der Waals surface area contributed by atoms with Crippen LogP contribution < -0.4 is 0 Å². The lowest BCUT2D eigenvalue weighted by Crippen LogP contribution is -2.06. The molecular weight excluding hydrogens is 226 g/mol. The maximum Gasteiger partial charge on any atom is 0.112 e. The molecule has 0 aliphatic heterocycles. The van der Waals surface area contributed by atoms with Gasteiger partial charge in [0.25, 0.3) is 0 Å². The zero-order valence-electron chi connectivity index (χ0n) is 11.1. The lowest BCUT2D eigenvalue weighted by molar-refractivity contribution is 0.275. The molecule has 0 spiro atoms. The van der Waals surface area contributed by atoms with Gasteiger partial charge < -0.3 is 5.11 Å². The summed E-state index contributed by atoms with van der Waals surface area (Å²) in [7, 11) is 0. The van der Waals surface area contributed by atoms with Crippen molar-refractivity contribution in [1.29, 1.82) is 0 Å². The lowest BCUT2D eigenvalue weighted by Gasteiger charge is -2.11. The van der Waals surface area contributed by atoms with E-state index in [1.54, 1.807) is 0 Å². The van der Waals surface area contributed by atoms with Crippen LogP contribution >= 0.6 is 0 Å². The van der Waals surface area contributed by atoms with Gasteiger partial charge in [-0.05, 0) is 30.0 Å². The first-order chi connectivity index (χ1) is 8.67. The Morgan fingerprint density at radius 1 is 1.33 bits per heavy atom. The van der Waals surface area contributed by atoms with E-state index in [1.807, 2.05) is 16.8 Å². The summed E-state index contributed by atoms with van der Waals surface area (Å²) in [5.74, 6) is 0.271. The molecule has 2 rings (SSSR count). The van der Waals surface area contributed by atoms with Gasteiger partial charge in [0.15, 0.2) is 0 Å². The van der Waals surface area contributed by atoms with Crippen LogP contribution in [0.5, 0.6) is 0 Å². The molecule has 4 heteroatoms. The Morgan fingerprint density at radius 3 is 2.72 bits per heavy atom. The molecule has 96 valence electrons. The van der Waals surface area contributed by atoms with E-state index < -0.39 is 0 Å². The number of aryl methyl sites for hydroxylation is 1. The van der Waals surface area contributed by atoms with Gasteiger partial charge in [0, 0.05) is 0 Å². The zero-order chi connectivity index (χ0) is 13.1. The number of aliphatic hydroxyl groups is 1. The molecule has 0 bridgehead atoms. The van der Waals surface area contributed by atoms with Gasteiger partial charge in [-0.2, -0.15) is 0 Å². The van der Waals surface area contributed by atoms with Gasteiger partial charge in [-0.1, -0.05) is 38.1 Å². The van der Waals surface area contributed by atoms with E-state index in [4.69, 9.17) is 0 Å². The van der Waals surface area contributed by atoms with Crippen LogP contribution in [0.3, 0.4) is 0 Å². The van der Waals surface area contributed by atoms with Crippen molar-refractivity contribution in [2.75, 3.05) is 0 Å². The minimum Gasteiger partial charge on any atom is -0.390 e. The molecule has 0 saturated carbocycles. The predicted octanol–water partition coefficient (Wildman–Crippen LogP) is 2.45. The number of hydrogen-bond acceptors (Lipinski definition) is 3. The average Bonchev–Trinajstić information content (AvgIpc) is 2.82. The van der Waals surface area contributed by atoms with Crippen molar-refractivity contribution < 1.29 is 5.11 Å². The Bertz CT molecular complexity index is 532.